The highest BCUT2D eigenvalue weighted by atomic mass is 16.4. The summed E-state index contributed by atoms with van der Waals surface area (Å²) in [5.74, 6) is 0.606. The lowest BCUT2D eigenvalue weighted by atomic mass is 10.2. The zero-order chi connectivity index (χ0) is 17.3. The summed E-state index contributed by atoms with van der Waals surface area (Å²) in [6.07, 6.45) is 1.79. The van der Waals surface area contributed by atoms with E-state index in [2.05, 4.69) is 10.3 Å². The summed E-state index contributed by atoms with van der Waals surface area (Å²) in [6, 6.07) is 9.35. The van der Waals surface area contributed by atoms with Crippen LogP contribution in [0.15, 0.2) is 41.1 Å². The zero-order valence-electron chi connectivity index (χ0n) is 14.0. The number of aryl methyl sites for hydroxylation is 2. The number of hydrogen-bond donors (Lipinski definition) is 2. The molecule has 0 aliphatic carbocycles. The Morgan fingerprint density at radius 3 is 2.50 bits per heavy atom. The molecule has 0 saturated carbocycles. The van der Waals surface area contributed by atoms with E-state index in [0.717, 1.165) is 22.6 Å². The van der Waals surface area contributed by atoms with E-state index in [0.29, 0.717) is 17.2 Å². The van der Waals surface area contributed by atoms with Crippen LogP contribution < -0.4 is 11.1 Å². The number of anilines is 1. The van der Waals surface area contributed by atoms with Crippen molar-refractivity contribution in [3.63, 3.8) is 0 Å². The monoisotopic (exact) mass is 324 g/mol. The van der Waals surface area contributed by atoms with Crippen molar-refractivity contribution in [1.82, 2.24) is 9.55 Å². The van der Waals surface area contributed by atoms with Crippen LogP contribution in [-0.4, -0.2) is 15.5 Å². The summed E-state index contributed by atoms with van der Waals surface area (Å²) in [4.78, 5) is 16.6. The standard InChI is InChI=1S/C18H20N4O2/c1-11-8-16(9-19)24-17(11)18(23)21-14-4-6-15(7-5-14)22-10-20-12(2)13(22)3/h4-8,10H,9,19H2,1-3H3,(H,21,23). The summed E-state index contributed by atoms with van der Waals surface area (Å²) >= 11 is 0. The fourth-order valence-corrected chi connectivity index (χ4v) is 2.53. The van der Waals surface area contributed by atoms with Crippen molar-refractivity contribution in [1.29, 1.82) is 0 Å². The molecule has 0 radical (unpaired) electrons. The second-order valence-corrected chi connectivity index (χ2v) is 5.72. The van der Waals surface area contributed by atoms with Crippen LogP contribution in [0.1, 0.15) is 33.3 Å². The lowest BCUT2D eigenvalue weighted by Gasteiger charge is -2.08. The van der Waals surface area contributed by atoms with Crippen LogP contribution in [0.5, 0.6) is 0 Å². The molecular weight excluding hydrogens is 304 g/mol. The Kier molecular flexibility index (Phi) is 4.22. The maximum atomic E-state index is 12.3. The van der Waals surface area contributed by atoms with Gasteiger partial charge in [0.25, 0.3) is 5.91 Å². The van der Waals surface area contributed by atoms with Crippen LogP contribution >= 0.6 is 0 Å². The van der Waals surface area contributed by atoms with E-state index >= 15 is 0 Å². The van der Waals surface area contributed by atoms with Gasteiger partial charge in [0.05, 0.1) is 18.6 Å². The first kappa shape index (κ1) is 16.0. The number of benzene rings is 1. The normalized spacial score (nSPS) is 10.8. The predicted molar refractivity (Wildman–Crippen MR) is 92.3 cm³/mol. The lowest BCUT2D eigenvalue weighted by molar-refractivity contribution is 0.0994. The summed E-state index contributed by atoms with van der Waals surface area (Å²) < 4.78 is 7.46. The first-order chi connectivity index (χ1) is 11.5. The molecule has 0 unspecified atom stereocenters. The molecule has 6 heteroatoms. The molecule has 0 atom stereocenters. The highest BCUT2D eigenvalue weighted by molar-refractivity contribution is 6.03. The quantitative estimate of drug-likeness (QED) is 0.772. The van der Waals surface area contributed by atoms with Crippen LogP contribution in [0.25, 0.3) is 5.69 Å². The van der Waals surface area contributed by atoms with Gasteiger partial charge in [-0.25, -0.2) is 4.98 Å². The molecule has 124 valence electrons. The zero-order valence-corrected chi connectivity index (χ0v) is 14.0. The van der Waals surface area contributed by atoms with Gasteiger partial charge in [0.2, 0.25) is 0 Å². The summed E-state index contributed by atoms with van der Waals surface area (Å²) in [7, 11) is 0. The Balaban J connectivity index is 1.77. The highest BCUT2D eigenvalue weighted by Crippen LogP contribution is 2.19. The van der Waals surface area contributed by atoms with Gasteiger partial charge in [-0.15, -0.1) is 0 Å². The average Bonchev–Trinajstić information content (AvgIpc) is 3.12. The minimum absolute atomic E-state index is 0.270. The maximum Gasteiger partial charge on any atom is 0.291 e. The molecule has 0 aliphatic rings. The number of rotatable bonds is 4. The molecule has 3 rings (SSSR count). The highest BCUT2D eigenvalue weighted by Gasteiger charge is 2.15. The predicted octanol–water partition coefficient (Wildman–Crippen LogP) is 3.10. The van der Waals surface area contributed by atoms with Crippen molar-refractivity contribution in [2.45, 2.75) is 27.3 Å². The number of nitrogens with zero attached hydrogens (tertiary/aromatic N) is 2. The maximum absolute atomic E-state index is 12.3. The van der Waals surface area contributed by atoms with Gasteiger partial charge in [0.1, 0.15) is 5.76 Å². The molecule has 0 spiro atoms. The van der Waals surface area contributed by atoms with Crippen LogP contribution in [0, 0.1) is 20.8 Å². The van der Waals surface area contributed by atoms with Gasteiger partial charge >= 0.3 is 0 Å². The molecule has 3 N–H and O–H groups in total. The first-order valence-electron chi connectivity index (χ1n) is 7.71. The lowest BCUT2D eigenvalue weighted by Crippen LogP contribution is -2.12. The van der Waals surface area contributed by atoms with E-state index in [4.69, 9.17) is 10.2 Å². The fraction of sp³-hybridized carbons (Fsp3) is 0.222. The molecule has 2 aromatic heterocycles. The van der Waals surface area contributed by atoms with Gasteiger partial charge in [0, 0.05) is 22.6 Å². The Labute approximate surface area is 140 Å². The third-order valence-corrected chi connectivity index (χ3v) is 4.03. The smallest absolute Gasteiger partial charge is 0.291 e. The van der Waals surface area contributed by atoms with Gasteiger partial charge in [-0.05, 0) is 51.1 Å². The number of amides is 1. The van der Waals surface area contributed by atoms with E-state index < -0.39 is 0 Å². The second kappa shape index (κ2) is 6.33. The molecule has 24 heavy (non-hydrogen) atoms. The fourth-order valence-electron chi connectivity index (χ4n) is 2.53. The number of nitrogens with two attached hydrogens (primary N) is 1. The number of furan rings is 1. The SMILES string of the molecule is Cc1cc(CN)oc1C(=O)Nc1ccc(-n2cnc(C)c2C)cc1. The van der Waals surface area contributed by atoms with Gasteiger partial charge in [-0.2, -0.15) is 0 Å². The van der Waals surface area contributed by atoms with Gasteiger partial charge in [0.15, 0.2) is 5.76 Å². The molecule has 6 nitrogen and oxygen atoms in total. The Bertz CT molecular complexity index is 875. The third-order valence-electron chi connectivity index (χ3n) is 4.03. The largest absolute Gasteiger partial charge is 0.454 e. The van der Waals surface area contributed by atoms with Crippen molar-refractivity contribution < 1.29 is 9.21 Å². The molecule has 0 aliphatic heterocycles. The molecule has 3 aromatic rings. The first-order valence-corrected chi connectivity index (χ1v) is 7.71. The van der Waals surface area contributed by atoms with Gasteiger partial charge < -0.3 is 20.0 Å². The number of hydrogen-bond acceptors (Lipinski definition) is 4. The molecule has 0 saturated heterocycles. The Morgan fingerprint density at radius 2 is 1.96 bits per heavy atom. The van der Waals surface area contributed by atoms with E-state index in [9.17, 15) is 4.79 Å². The van der Waals surface area contributed by atoms with Gasteiger partial charge in [-0.1, -0.05) is 0 Å². The molecule has 2 heterocycles. The average molecular weight is 324 g/mol. The second-order valence-electron chi connectivity index (χ2n) is 5.72. The summed E-state index contributed by atoms with van der Waals surface area (Å²) in [5.41, 5.74) is 10.1. The topological polar surface area (TPSA) is 86.1 Å². The van der Waals surface area contributed by atoms with Crippen LogP contribution in [0.2, 0.25) is 0 Å². The van der Waals surface area contributed by atoms with Gasteiger partial charge in [-0.3, -0.25) is 4.79 Å². The Morgan fingerprint density at radius 1 is 1.25 bits per heavy atom. The molecular formula is C18H20N4O2. The minimum Gasteiger partial charge on any atom is -0.454 e. The molecule has 1 aromatic carbocycles. The number of imidazole rings is 1. The number of aromatic nitrogens is 2. The molecule has 0 fully saturated rings. The molecule has 1 amide bonds. The van der Waals surface area contributed by atoms with Crippen molar-refractivity contribution >= 4 is 11.6 Å². The van der Waals surface area contributed by atoms with E-state index in [-0.39, 0.29) is 12.5 Å². The van der Waals surface area contributed by atoms with Crippen LogP contribution in [0.3, 0.4) is 0 Å². The summed E-state index contributed by atoms with van der Waals surface area (Å²) in [5, 5.41) is 2.84. The molecule has 0 bridgehead atoms. The van der Waals surface area contributed by atoms with Crippen molar-refractivity contribution in [2.75, 3.05) is 5.32 Å². The number of carbonyl (C=O) groups is 1. The minimum atomic E-state index is -0.283. The van der Waals surface area contributed by atoms with E-state index in [1.165, 1.54) is 0 Å². The van der Waals surface area contributed by atoms with Crippen molar-refractivity contribution in [2.24, 2.45) is 5.73 Å². The van der Waals surface area contributed by atoms with Crippen LogP contribution in [0.4, 0.5) is 5.69 Å². The summed E-state index contributed by atoms with van der Waals surface area (Å²) in [6.45, 7) is 6.09. The van der Waals surface area contributed by atoms with E-state index in [1.54, 1.807) is 12.4 Å². The van der Waals surface area contributed by atoms with Crippen molar-refractivity contribution in [3.8, 4) is 5.69 Å². The number of nitrogens with one attached hydrogen (secondary N) is 1. The van der Waals surface area contributed by atoms with Crippen molar-refractivity contribution in [3.05, 3.63) is 65.1 Å². The number of carbonyl (C=O) groups excluding carboxylic acids is 1. The van der Waals surface area contributed by atoms with Crippen LogP contribution in [-0.2, 0) is 6.54 Å². The van der Waals surface area contributed by atoms with E-state index in [1.807, 2.05) is 49.6 Å². The Hall–Kier alpha value is -2.86. The third kappa shape index (κ3) is 2.96.